The van der Waals surface area contributed by atoms with Crippen molar-refractivity contribution in [3.63, 3.8) is 0 Å². The summed E-state index contributed by atoms with van der Waals surface area (Å²) in [5.41, 5.74) is 5.08. The second-order valence-electron chi connectivity index (χ2n) is 4.18. The predicted octanol–water partition coefficient (Wildman–Crippen LogP) is 2.35. The SMILES string of the molecule is CCC(CC)(CC)Nc1ncnc(N)c1[N+](=O)[O-]. The molecule has 0 spiro atoms. The van der Waals surface area contributed by atoms with E-state index >= 15 is 0 Å². The normalized spacial score (nSPS) is 11.3. The summed E-state index contributed by atoms with van der Waals surface area (Å²) in [4.78, 5) is 18.0. The van der Waals surface area contributed by atoms with E-state index in [1.54, 1.807) is 0 Å². The first-order chi connectivity index (χ1) is 8.49. The van der Waals surface area contributed by atoms with Gasteiger partial charge in [-0.2, -0.15) is 0 Å². The van der Waals surface area contributed by atoms with Crippen molar-refractivity contribution < 1.29 is 4.92 Å². The summed E-state index contributed by atoms with van der Waals surface area (Å²) in [5, 5.41) is 14.2. The molecule has 0 atom stereocenters. The topological polar surface area (TPSA) is 107 Å². The Bertz CT molecular complexity index is 423. The molecule has 0 unspecified atom stereocenters. The summed E-state index contributed by atoms with van der Waals surface area (Å²) in [6.45, 7) is 6.11. The Morgan fingerprint density at radius 3 is 2.33 bits per heavy atom. The van der Waals surface area contributed by atoms with Crippen LogP contribution in [0.4, 0.5) is 17.3 Å². The van der Waals surface area contributed by atoms with E-state index in [0.29, 0.717) is 0 Å². The van der Waals surface area contributed by atoms with Crippen molar-refractivity contribution >= 4 is 17.3 Å². The smallest absolute Gasteiger partial charge is 0.353 e. The van der Waals surface area contributed by atoms with Crippen molar-refractivity contribution in [1.29, 1.82) is 0 Å². The van der Waals surface area contributed by atoms with Crippen molar-refractivity contribution in [3.8, 4) is 0 Å². The molecule has 3 N–H and O–H groups in total. The fourth-order valence-corrected chi connectivity index (χ4v) is 1.93. The van der Waals surface area contributed by atoms with Gasteiger partial charge >= 0.3 is 5.69 Å². The number of hydrogen-bond acceptors (Lipinski definition) is 6. The van der Waals surface area contributed by atoms with Crippen LogP contribution in [0.2, 0.25) is 0 Å². The van der Waals surface area contributed by atoms with E-state index in [4.69, 9.17) is 5.73 Å². The quantitative estimate of drug-likeness (QED) is 0.595. The first kappa shape index (κ1) is 14.1. The average Bonchev–Trinajstić information content (AvgIpc) is 2.35. The molecular weight excluding hydrogens is 234 g/mol. The van der Waals surface area contributed by atoms with Crippen LogP contribution in [-0.2, 0) is 0 Å². The molecule has 1 aromatic rings. The molecule has 0 fully saturated rings. The van der Waals surface area contributed by atoms with Gasteiger partial charge in [0.2, 0.25) is 11.6 Å². The van der Waals surface area contributed by atoms with Gasteiger partial charge in [0, 0.05) is 5.54 Å². The average molecular weight is 253 g/mol. The summed E-state index contributed by atoms with van der Waals surface area (Å²) < 4.78 is 0. The number of nitrogens with zero attached hydrogens (tertiary/aromatic N) is 3. The molecule has 0 bridgehead atoms. The second kappa shape index (κ2) is 5.61. The van der Waals surface area contributed by atoms with Crippen molar-refractivity contribution in [3.05, 3.63) is 16.4 Å². The lowest BCUT2D eigenvalue weighted by Gasteiger charge is -2.32. The number of hydrogen-bond donors (Lipinski definition) is 2. The van der Waals surface area contributed by atoms with E-state index in [-0.39, 0.29) is 22.9 Å². The fourth-order valence-electron chi connectivity index (χ4n) is 1.93. The third kappa shape index (κ3) is 2.66. The number of nitro groups is 1. The molecule has 18 heavy (non-hydrogen) atoms. The van der Waals surface area contributed by atoms with Gasteiger partial charge in [-0.1, -0.05) is 20.8 Å². The number of nitrogen functional groups attached to an aromatic ring is 1. The third-order valence-corrected chi connectivity index (χ3v) is 3.45. The van der Waals surface area contributed by atoms with E-state index in [1.165, 1.54) is 6.33 Å². The largest absolute Gasteiger partial charge is 0.378 e. The molecule has 0 aliphatic rings. The minimum atomic E-state index is -0.552. The summed E-state index contributed by atoms with van der Waals surface area (Å²) in [6.07, 6.45) is 3.78. The van der Waals surface area contributed by atoms with Crippen LogP contribution in [0.3, 0.4) is 0 Å². The predicted molar refractivity (Wildman–Crippen MR) is 70.3 cm³/mol. The Labute approximate surface area is 106 Å². The van der Waals surface area contributed by atoms with Gasteiger partial charge in [-0.05, 0) is 19.3 Å². The summed E-state index contributed by atoms with van der Waals surface area (Å²) in [7, 11) is 0. The van der Waals surface area contributed by atoms with E-state index < -0.39 is 4.92 Å². The number of rotatable bonds is 6. The molecule has 7 nitrogen and oxygen atoms in total. The molecule has 0 saturated carbocycles. The molecule has 0 aromatic carbocycles. The van der Waals surface area contributed by atoms with Gasteiger partial charge in [0.1, 0.15) is 6.33 Å². The van der Waals surface area contributed by atoms with Crippen molar-refractivity contribution in [2.75, 3.05) is 11.1 Å². The van der Waals surface area contributed by atoms with Crippen LogP contribution >= 0.6 is 0 Å². The molecular formula is C11H19N5O2. The Balaban J connectivity index is 3.18. The summed E-state index contributed by atoms with van der Waals surface area (Å²) >= 11 is 0. The molecule has 0 aliphatic carbocycles. The molecule has 1 rings (SSSR count). The van der Waals surface area contributed by atoms with Crippen molar-refractivity contribution in [2.45, 2.75) is 45.6 Å². The standard InChI is InChI=1S/C11H19N5O2/c1-4-11(5-2,6-3)15-10-8(16(17)18)9(12)13-7-14-10/h7H,4-6H2,1-3H3,(H3,12,13,14,15). The highest BCUT2D eigenvalue weighted by Gasteiger charge is 2.29. The Morgan fingerprint density at radius 2 is 1.89 bits per heavy atom. The third-order valence-electron chi connectivity index (χ3n) is 3.45. The molecule has 0 saturated heterocycles. The monoisotopic (exact) mass is 253 g/mol. The fraction of sp³-hybridized carbons (Fsp3) is 0.636. The van der Waals surface area contributed by atoms with E-state index in [2.05, 4.69) is 15.3 Å². The maximum Gasteiger partial charge on any atom is 0.353 e. The maximum absolute atomic E-state index is 11.0. The van der Waals surface area contributed by atoms with E-state index in [0.717, 1.165) is 19.3 Å². The van der Waals surface area contributed by atoms with Crippen LogP contribution in [0.25, 0.3) is 0 Å². The zero-order valence-corrected chi connectivity index (χ0v) is 10.9. The lowest BCUT2D eigenvalue weighted by Crippen LogP contribution is -2.36. The van der Waals surface area contributed by atoms with E-state index in [9.17, 15) is 10.1 Å². The number of anilines is 2. The number of nitrogens with one attached hydrogen (secondary N) is 1. The molecule has 0 amide bonds. The first-order valence-corrected chi connectivity index (χ1v) is 6.02. The highest BCUT2D eigenvalue weighted by Crippen LogP contribution is 2.32. The van der Waals surface area contributed by atoms with Crippen LogP contribution in [0.1, 0.15) is 40.0 Å². The van der Waals surface area contributed by atoms with Gasteiger partial charge in [0.25, 0.3) is 0 Å². The van der Waals surface area contributed by atoms with Gasteiger partial charge < -0.3 is 11.1 Å². The summed E-state index contributed by atoms with van der Waals surface area (Å²) in [6, 6.07) is 0. The zero-order chi connectivity index (χ0) is 13.8. The van der Waals surface area contributed by atoms with Gasteiger partial charge in [-0.3, -0.25) is 10.1 Å². The van der Waals surface area contributed by atoms with E-state index in [1.807, 2.05) is 20.8 Å². The second-order valence-corrected chi connectivity index (χ2v) is 4.18. The molecule has 0 aliphatic heterocycles. The van der Waals surface area contributed by atoms with Crippen LogP contribution in [-0.4, -0.2) is 20.4 Å². The lowest BCUT2D eigenvalue weighted by molar-refractivity contribution is -0.383. The zero-order valence-electron chi connectivity index (χ0n) is 10.9. The maximum atomic E-state index is 11.0. The Morgan fingerprint density at radius 1 is 1.33 bits per heavy atom. The number of nitrogens with two attached hydrogens (primary N) is 1. The minimum Gasteiger partial charge on any atom is -0.378 e. The van der Waals surface area contributed by atoms with Gasteiger partial charge in [0.05, 0.1) is 4.92 Å². The molecule has 1 aromatic heterocycles. The summed E-state index contributed by atoms with van der Waals surface area (Å²) in [5.74, 6) is 0.0766. The lowest BCUT2D eigenvalue weighted by atomic mass is 9.90. The Hall–Kier alpha value is -1.92. The van der Waals surface area contributed by atoms with Gasteiger partial charge in [0.15, 0.2) is 0 Å². The van der Waals surface area contributed by atoms with Crippen LogP contribution in [0.5, 0.6) is 0 Å². The first-order valence-electron chi connectivity index (χ1n) is 6.02. The molecule has 1 heterocycles. The number of aromatic nitrogens is 2. The van der Waals surface area contributed by atoms with Gasteiger partial charge in [-0.15, -0.1) is 0 Å². The highest BCUT2D eigenvalue weighted by molar-refractivity contribution is 5.67. The molecule has 7 heteroatoms. The van der Waals surface area contributed by atoms with Crippen LogP contribution in [0, 0.1) is 10.1 Å². The van der Waals surface area contributed by atoms with Crippen molar-refractivity contribution in [2.24, 2.45) is 0 Å². The highest BCUT2D eigenvalue weighted by atomic mass is 16.6. The molecule has 100 valence electrons. The minimum absolute atomic E-state index is 0.116. The van der Waals surface area contributed by atoms with Crippen LogP contribution < -0.4 is 11.1 Å². The van der Waals surface area contributed by atoms with Crippen LogP contribution in [0.15, 0.2) is 6.33 Å². The van der Waals surface area contributed by atoms with Crippen molar-refractivity contribution in [1.82, 2.24) is 9.97 Å². The Kier molecular flexibility index (Phi) is 4.41. The molecule has 0 radical (unpaired) electrons. The van der Waals surface area contributed by atoms with Gasteiger partial charge in [-0.25, -0.2) is 9.97 Å².